The Morgan fingerprint density at radius 1 is 1.27 bits per heavy atom. The first kappa shape index (κ1) is 12.0. The minimum Gasteiger partial charge on any atom is -0.224 e. The molecule has 0 atom stereocenters. The molecule has 1 rings (SSSR count). The van der Waals surface area contributed by atoms with Crippen molar-refractivity contribution >= 4 is 21.4 Å². The molecule has 0 heterocycles. The minimum atomic E-state index is -3.24. The van der Waals surface area contributed by atoms with Crippen molar-refractivity contribution in [3.63, 3.8) is 0 Å². The number of hydrogen-bond donors (Lipinski definition) is 0. The molecule has 0 saturated carbocycles. The lowest BCUT2D eigenvalue weighted by Crippen LogP contribution is -2.07. The molecule has 0 radical (unpaired) electrons. The number of rotatable bonds is 4. The number of nitriles is 1. The first-order chi connectivity index (χ1) is 7.10. The quantitative estimate of drug-likeness (QED) is 0.760. The first-order valence-electron chi connectivity index (χ1n) is 4.39. The predicted molar refractivity (Wildman–Crippen MR) is 58.5 cm³/mol. The number of sulfone groups is 1. The Balaban J connectivity index is 2.92. The van der Waals surface area contributed by atoms with Crippen LogP contribution >= 0.6 is 11.6 Å². The molecule has 80 valence electrons. The van der Waals surface area contributed by atoms with Crippen LogP contribution in [-0.2, 0) is 9.84 Å². The van der Waals surface area contributed by atoms with E-state index < -0.39 is 9.84 Å². The average Bonchev–Trinajstić information content (AvgIpc) is 2.26. The van der Waals surface area contributed by atoms with Crippen molar-refractivity contribution < 1.29 is 8.42 Å². The standard InChI is InChI=1S/C10H10ClNO2S/c11-6-1-7-15(13,14)10-4-2-9(8-12)3-5-10/h2-5H,1,6-7H2. The van der Waals surface area contributed by atoms with Crippen LogP contribution in [-0.4, -0.2) is 20.1 Å². The van der Waals surface area contributed by atoms with Gasteiger partial charge in [0.2, 0.25) is 0 Å². The van der Waals surface area contributed by atoms with Gasteiger partial charge in [-0.1, -0.05) is 0 Å². The lowest BCUT2D eigenvalue weighted by Gasteiger charge is -2.02. The van der Waals surface area contributed by atoms with E-state index in [4.69, 9.17) is 16.9 Å². The van der Waals surface area contributed by atoms with Gasteiger partial charge in [-0.2, -0.15) is 5.26 Å². The highest BCUT2D eigenvalue weighted by atomic mass is 35.5. The van der Waals surface area contributed by atoms with Gasteiger partial charge in [0.1, 0.15) is 0 Å². The van der Waals surface area contributed by atoms with Crippen LogP contribution in [0.4, 0.5) is 0 Å². The zero-order valence-corrected chi connectivity index (χ0v) is 9.55. The van der Waals surface area contributed by atoms with Crippen LogP contribution in [0.2, 0.25) is 0 Å². The fourth-order valence-corrected chi connectivity index (χ4v) is 2.70. The normalized spacial score (nSPS) is 10.9. The van der Waals surface area contributed by atoms with Gasteiger partial charge in [-0.15, -0.1) is 11.6 Å². The van der Waals surface area contributed by atoms with Crippen LogP contribution in [0.15, 0.2) is 29.2 Å². The number of alkyl halides is 1. The maximum Gasteiger partial charge on any atom is 0.178 e. The Labute approximate surface area is 94.2 Å². The van der Waals surface area contributed by atoms with Gasteiger partial charge in [-0.3, -0.25) is 0 Å². The number of nitrogens with zero attached hydrogens (tertiary/aromatic N) is 1. The van der Waals surface area contributed by atoms with Crippen LogP contribution in [0.1, 0.15) is 12.0 Å². The lowest BCUT2D eigenvalue weighted by molar-refractivity contribution is 0.595. The summed E-state index contributed by atoms with van der Waals surface area (Å²) in [5, 5.41) is 8.56. The third-order valence-corrected chi connectivity index (χ3v) is 3.97. The van der Waals surface area contributed by atoms with E-state index >= 15 is 0 Å². The molecule has 5 heteroatoms. The largest absolute Gasteiger partial charge is 0.224 e. The van der Waals surface area contributed by atoms with Gasteiger partial charge < -0.3 is 0 Å². The van der Waals surface area contributed by atoms with Crippen LogP contribution in [0, 0.1) is 11.3 Å². The predicted octanol–water partition coefficient (Wildman–Crippen LogP) is 1.96. The molecule has 0 aromatic heterocycles. The summed E-state index contributed by atoms with van der Waals surface area (Å²) >= 11 is 5.44. The molecule has 0 aliphatic heterocycles. The van der Waals surface area contributed by atoms with Crippen molar-refractivity contribution in [1.82, 2.24) is 0 Å². The van der Waals surface area contributed by atoms with Crippen molar-refractivity contribution in [1.29, 1.82) is 5.26 Å². The first-order valence-corrected chi connectivity index (χ1v) is 6.58. The average molecular weight is 244 g/mol. The van der Waals surface area contributed by atoms with Crippen molar-refractivity contribution in [3.05, 3.63) is 29.8 Å². The second kappa shape index (κ2) is 5.15. The topological polar surface area (TPSA) is 57.9 Å². The van der Waals surface area contributed by atoms with Crippen molar-refractivity contribution in [2.24, 2.45) is 0 Å². The molecule has 0 spiro atoms. The molecule has 1 aromatic carbocycles. The molecule has 0 saturated heterocycles. The SMILES string of the molecule is N#Cc1ccc(S(=O)(=O)CCCCl)cc1. The summed E-state index contributed by atoms with van der Waals surface area (Å²) in [4.78, 5) is 0.242. The molecule has 0 unspecified atom stereocenters. The third-order valence-electron chi connectivity index (χ3n) is 1.89. The number of hydrogen-bond acceptors (Lipinski definition) is 3. The fourth-order valence-electron chi connectivity index (χ4n) is 1.10. The van der Waals surface area contributed by atoms with Gasteiger partial charge in [0, 0.05) is 5.88 Å². The molecule has 3 nitrogen and oxygen atoms in total. The second-order valence-corrected chi connectivity index (χ2v) is 5.48. The molecule has 0 fully saturated rings. The van der Waals surface area contributed by atoms with Crippen molar-refractivity contribution in [2.75, 3.05) is 11.6 Å². The highest BCUT2D eigenvalue weighted by Crippen LogP contribution is 2.13. The van der Waals surface area contributed by atoms with E-state index in [-0.39, 0.29) is 10.6 Å². The molecule has 0 aliphatic rings. The summed E-state index contributed by atoms with van der Waals surface area (Å²) < 4.78 is 23.3. The second-order valence-electron chi connectivity index (χ2n) is 3.00. The summed E-state index contributed by atoms with van der Waals surface area (Å²) in [6.07, 6.45) is 0.434. The highest BCUT2D eigenvalue weighted by molar-refractivity contribution is 7.91. The van der Waals surface area contributed by atoms with Gasteiger partial charge in [0.05, 0.1) is 22.3 Å². The van der Waals surface area contributed by atoms with E-state index in [2.05, 4.69) is 0 Å². The summed E-state index contributed by atoms with van der Waals surface area (Å²) in [6.45, 7) is 0. The van der Waals surface area contributed by atoms with Crippen LogP contribution in [0.25, 0.3) is 0 Å². The van der Waals surface area contributed by atoms with Gasteiger partial charge in [0.15, 0.2) is 9.84 Å². The zero-order chi connectivity index (χ0) is 11.3. The van der Waals surface area contributed by atoms with Crippen molar-refractivity contribution in [3.8, 4) is 6.07 Å². The molecule has 15 heavy (non-hydrogen) atoms. The molecule has 0 aliphatic carbocycles. The maximum atomic E-state index is 11.6. The van der Waals surface area contributed by atoms with Gasteiger partial charge in [-0.25, -0.2) is 8.42 Å². The van der Waals surface area contributed by atoms with Crippen LogP contribution in [0.5, 0.6) is 0 Å². The zero-order valence-electron chi connectivity index (χ0n) is 7.98. The smallest absolute Gasteiger partial charge is 0.178 e. The third kappa shape index (κ3) is 3.22. The Hall–Kier alpha value is -1.05. The number of halogens is 1. The van der Waals surface area contributed by atoms with E-state index in [9.17, 15) is 8.42 Å². The molecular weight excluding hydrogens is 234 g/mol. The van der Waals surface area contributed by atoms with Gasteiger partial charge in [-0.05, 0) is 30.7 Å². The van der Waals surface area contributed by atoms with E-state index in [1.165, 1.54) is 24.3 Å². The van der Waals surface area contributed by atoms with Crippen molar-refractivity contribution in [2.45, 2.75) is 11.3 Å². The van der Waals surface area contributed by atoms with Gasteiger partial charge in [0.25, 0.3) is 0 Å². The van der Waals surface area contributed by atoms with Crippen LogP contribution in [0.3, 0.4) is 0 Å². The minimum absolute atomic E-state index is 0.0440. The molecule has 0 N–H and O–H groups in total. The molecule has 1 aromatic rings. The summed E-state index contributed by atoms with van der Waals surface area (Å²) in [6, 6.07) is 7.81. The van der Waals surface area contributed by atoms with E-state index in [0.717, 1.165) is 0 Å². The Morgan fingerprint density at radius 2 is 1.87 bits per heavy atom. The maximum absolute atomic E-state index is 11.6. The summed E-state index contributed by atoms with van der Waals surface area (Å²) in [5.74, 6) is 0.373. The summed E-state index contributed by atoms with van der Waals surface area (Å²) in [7, 11) is -3.24. The highest BCUT2D eigenvalue weighted by Gasteiger charge is 2.13. The van der Waals surface area contributed by atoms with E-state index in [1.807, 2.05) is 6.07 Å². The van der Waals surface area contributed by atoms with Gasteiger partial charge >= 0.3 is 0 Å². The molecule has 0 bridgehead atoms. The van der Waals surface area contributed by atoms with Crippen LogP contribution < -0.4 is 0 Å². The van der Waals surface area contributed by atoms with E-state index in [0.29, 0.717) is 17.9 Å². The van der Waals surface area contributed by atoms with E-state index in [1.54, 1.807) is 0 Å². The lowest BCUT2D eigenvalue weighted by atomic mass is 10.2. The number of benzene rings is 1. The molecular formula is C10H10ClNO2S. The summed E-state index contributed by atoms with van der Waals surface area (Å²) in [5.41, 5.74) is 0.450. The monoisotopic (exact) mass is 243 g/mol. The Kier molecular flexibility index (Phi) is 4.13. The Bertz CT molecular complexity index is 459. The molecule has 0 amide bonds. The fraction of sp³-hybridized carbons (Fsp3) is 0.300. The Morgan fingerprint density at radius 3 is 2.33 bits per heavy atom.